The second kappa shape index (κ2) is 6.73. The Kier molecular flexibility index (Phi) is 4.44. The first-order chi connectivity index (χ1) is 12.2. The van der Waals surface area contributed by atoms with Crippen LogP contribution >= 0.6 is 22.7 Å². The molecule has 25 heavy (non-hydrogen) atoms. The van der Waals surface area contributed by atoms with Crippen LogP contribution in [0.5, 0.6) is 0 Å². The van der Waals surface area contributed by atoms with Gasteiger partial charge in [-0.2, -0.15) is 11.3 Å². The third-order valence-electron chi connectivity index (χ3n) is 4.71. The Labute approximate surface area is 154 Å². The smallest absolute Gasteiger partial charge is 0.230 e. The second-order valence-electron chi connectivity index (χ2n) is 6.37. The molecular weight excluding hydrogens is 353 g/mol. The zero-order valence-corrected chi connectivity index (χ0v) is 15.3. The van der Waals surface area contributed by atoms with Crippen LogP contribution in [0.1, 0.15) is 23.3 Å². The zero-order valence-electron chi connectivity index (χ0n) is 13.6. The molecular formula is C20H18FNOS2. The Morgan fingerprint density at radius 3 is 2.60 bits per heavy atom. The number of halogens is 1. The van der Waals surface area contributed by atoms with Crippen LogP contribution in [0.2, 0.25) is 0 Å². The lowest BCUT2D eigenvalue weighted by Crippen LogP contribution is -2.35. The molecule has 0 atom stereocenters. The largest absolute Gasteiger partial charge is 0.355 e. The number of hydrogen-bond acceptors (Lipinski definition) is 3. The molecule has 3 aromatic rings. The van der Waals surface area contributed by atoms with Gasteiger partial charge in [0.1, 0.15) is 5.82 Å². The van der Waals surface area contributed by atoms with Gasteiger partial charge in [0.15, 0.2) is 0 Å². The van der Waals surface area contributed by atoms with Crippen LogP contribution in [0.4, 0.5) is 4.39 Å². The lowest BCUT2D eigenvalue weighted by molar-refractivity contribution is -0.123. The van der Waals surface area contributed by atoms with Gasteiger partial charge in [-0.1, -0.05) is 12.1 Å². The monoisotopic (exact) mass is 371 g/mol. The van der Waals surface area contributed by atoms with Crippen LogP contribution in [0.15, 0.2) is 53.2 Å². The third-order valence-corrected chi connectivity index (χ3v) is 6.58. The zero-order chi connectivity index (χ0) is 17.3. The van der Waals surface area contributed by atoms with Gasteiger partial charge < -0.3 is 5.32 Å². The molecule has 1 amide bonds. The molecule has 1 saturated carbocycles. The third kappa shape index (κ3) is 3.39. The molecule has 128 valence electrons. The summed E-state index contributed by atoms with van der Waals surface area (Å²) < 4.78 is 13.1. The van der Waals surface area contributed by atoms with Crippen molar-refractivity contribution in [1.82, 2.24) is 5.32 Å². The number of benzene rings is 1. The quantitative estimate of drug-likeness (QED) is 0.649. The van der Waals surface area contributed by atoms with Crippen LogP contribution in [-0.2, 0) is 16.6 Å². The maximum atomic E-state index is 13.1. The number of nitrogens with one attached hydrogen (secondary N) is 1. The topological polar surface area (TPSA) is 29.1 Å². The number of amides is 1. The minimum Gasteiger partial charge on any atom is -0.355 e. The summed E-state index contributed by atoms with van der Waals surface area (Å²) in [5.41, 5.74) is 1.74. The first-order valence-electron chi connectivity index (χ1n) is 8.33. The number of hydrogen-bond donors (Lipinski definition) is 1. The maximum absolute atomic E-state index is 13.1. The molecule has 0 unspecified atom stereocenters. The first-order valence-corrected chi connectivity index (χ1v) is 10.1. The van der Waals surface area contributed by atoms with E-state index in [4.69, 9.17) is 0 Å². The number of carbonyl (C=O) groups excluding carboxylic acids is 1. The SMILES string of the molecule is O=C(NCCc1ccc(-c2ccsc2)s1)C1(c2ccc(F)cc2)CC1. The minimum atomic E-state index is -0.439. The Morgan fingerprint density at radius 2 is 1.92 bits per heavy atom. The normalized spacial score (nSPS) is 15.1. The van der Waals surface area contributed by atoms with E-state index in [0.29, 0.717) is 6.54 Å². The van der Waals surface area contributed by atoms with Gasteiger partial charge in [-0.25, -0.2) is 4.39 Å². The van der Waals surface area contributed by atoms with E-state index in [1.807, 2.05) is 0 Å². The van der Waals surface area contributed by atoms with Crippen molar-refractivity contribution in [3.05, 3.63) is 69.5 Å². The van der Waals surface area contributed by atoms with Crippen molar-refractivity contribution in [2.45, 2.75) is 24.7 Å². The molecule has 1 aliphatic carbocycles. The van der Waals surface area contributed by atoms with Gasteiger partial charge in [-0.3, -0.25) is 4.79 Å². The fraction of sp³-hybridized carbons (Fsp3) is 0.250. The highest BCUT2D eigenvalue weighted by Gasteiger charge is 2.50. The van der Waals surface area contributed by atoms with E-state index in [1.165, 1.54) is 27.5 Å². The summed E-state index contributed by atoms with van der Waals surface area (Å²) in [6.07, 6.45) is 2.51. The van der Waals surface area contributed by atoms with Crippen LogP contribution in [0.25, 0.3) is 10.4 Å². The van der Waals surface area contributed by atoms with E-state index in [2.05, 4.69) is 34.3 Å². The van der Waals surface area contributed by atoms with E-state index < -0.39 is 5.41 Å². The Morgan fingerprint density at radius 1 is 1.12 bits per heavy atom. The van der Waals surface area contributed by atoms with Crippen molar-refractivity contribution >= 4 is 28.6 Å². The maximum Gasteiger partial charge on any atom is 0.230 e. The molecule has 5 heteroatoms. The highest BCUT2D eigenvalue weighted by atomic mass is 32.1. The molecule has 1 fully saturated rings. The summed E-state index contributed by atoms with van der Waals surface area (Å²) in [5, 5.41) is 7.30. The van der Waals surface area contributed by atoms with Gasteiger partial charge in [0.05, 0.1) is 5.41 Å². The molecule has 0 saturated heterocycles. The predicted molar refractivity (Wildman–Crippen MR) is 102 cm³/mol. The molecule has 1 aliphatic rings. The summed E-state index contributed by atoms with van der Waals surface area (Å²) in [6, 6.07) is 12.7. The van der Waals surface area contributed by atoms with Gasteiger partial charge in [0.25, 0.3) is 0 Å². The fourth-order valence-corrected chi connectivity index (χ4v) is 4.82. The molecule has 1 N–H and O–H groups in total. The molecule has 2 nitrogen and oxygen atoms in total. The lowest BCUT2D eigenvalue weighted by atomic mass is 9.95. The number of rotatable bonds is 6. The van der Waals surface area contributed by atoms with Crippen LogP contribution in [-0.4, -0.2) is 12.5 Å². The molecule has 0 aliphatic heterocycles. The number of thiophene rings is 2. The summed E-state index contributed by atoms with van der Waals surface area (Å²) >= 11 is 3.48. The summed E-state index contributed by atoms with van der Waals surface area (Å²) in [5.74, 6) is -0.201. The molecule has 0 spiro atoms. The van der Waals surface area contributed by atoms with E-state index in [9.17, 15) is 9.18 Å². The number of carbonyl (C=O) groups is 1. The Balaban J connectivity index is 1.34. The van der Waals surface area contributed by atoms with E-state index in [0.717, 1.165) is 24.8 Å². The predicted octanol–water partition coefficient (Wildman–Crippen LogP) is 5.01. The molecule has 0 radical (unpaired) electrons. The van der Waals surface area contributed by atoms with Gasteiger partial charge in [0.2, 0.25) is 5.91 Å². The summed E-state index contributed by atoms with van der Waals surface area (Å²) in [7, 11) is 0. The molecule has 4 rings (SSSR count). The second-order valence-corrected chi connectivity index (χ2v) is 8.32. The van der Waals surface area contributed by atoms with Crippen molar-refractivity contribution in [3.8, 4) is 10.4 Å². The molecule has 2 aromatic heterocycles. The van der Waals surface area contributed by atoms with Crippen molar-refractivity contribution in [1.29, 1.82) is 0 Å². The van der Waals surface area contributed by atoms with E-state index in [1.54, 1.807) is 34.8 Å². The highest BCUT2D eigenvalue weighted by molar-refractivity contribution is 7.16. The van der Waals surface area contributed by atoms with Crippen LogP contribution in [0, 0.1) is 5.82 Å². The fourth-order valence-electron chi connectivity index (χ4n) is 3.08. The van der Waals surface area contributed by atoms with E-state index >= 15 is 0 Å². The highest BCUT2D eigenvalue weighted by Crippen LogP contribution is 2.48. The van der Waals surface area contributed by atoms with Crippen molar-refractivity contribution in [2.24, 2.45) is 0 Å². The van der Waals surface area contributed by atoms with Crippen molar-refractivity contribution < 1.29 is 9.18 Å². The van der Waals surface area contributed by atoms with Gasteiger partial charge >= 0.3 is 0 Å². The van der Waals surface area contributed by atoms with Gasteiger partial charge in [-0.05, 0) is 65.9 Å². The minimum absolute atomic E-state index is 0.0636. The lowest BCUT2D eigenvalue weighted by Gasteiger charge is -2.15. The molecule has 2 heterocycles. The Hall–Kier alpha value is -1.98. The van der Waals surface area contributed by atoms with E-state index in [-0.39, 0.29) is 11.7 Å². The van der Waals surface area contributed by atoms with Gasteiger partial charge in [0, 0.05) is 21.9 Å². The average molecular weight is 372 g/mol. The molecule has 0 bridgehead atoms. The van der Waals surface area contributed by atoms with Gasteiger partial charge in [-0.15, -0.1) is 11.3 Å². The Bertz CT molecular complexity index is 864. The molecule has 1 aromatic carbocycles. The van der Waals surface area contributed by atoms with Crippen molar-refractivity contribution in [3.63, 3.8) is 0 Å². The van der Waals surface area contributed by atoms with Crippen molar-refractivity contribution in [2.75, 3.05) is 6.54 Å². The summed E-state index contributed by atoms with van der Waals surface area (Å²) in [6.45, 7) is 0.630. The van der Waals surface area contributed by atoms with Crippen LogP contribution in [0.3, 0.4) is 0 Å². The van der Waals surface area contributed by atoms with Crippen LogP contribution < -0.4 is 5.32 Å². The summed E-state index contributed by atoms with van der Waals surface area (Å²) in [4.78, 5) is 15.1. The standard InChI is InChI=1S/C20H18FNOS2/c21-16-3-1-15(2-4-16)20(9-10-20)19(23)22-11-7-17-5-6-18(25-17)14-8-12-24-13-14/h1-6,8,12-13H,7,9-11H2,(H,22,23). The average Bonchev–Trinajstić information content (AvgIpc) is 3.04. The first kappa shape index (κ1) is 16.5.